The Labute approximate surface area is 105 Å². The SMILES string of the molecule is CSCCCCCn1cc(Cl)cc1C(=O)O. The minimum atomic E-state index is -0.920. The molecule has 0 saturated carbocycles. The van der Waals surface area contributed by atoms with E-state index in [9.17, 15) is 4.79 Å². The third-order valence-corrected chi connectivity index (χ3v) is 3.23. The van der Waals surface area contributed by atoms with Crippen molar-refractivity contribution in [3.8, 4) is 0 Å². The number of carboxylic acids is 1. The molecule has 0 radical (unpaired) electrons. The van der Waals surface area contributed by atoms with Crippen molar-refractivity contribution in [3.63, 3.8) is 0 Å². The van der Waals surface area contributed by atoms with Crippen molar-refractivity contribution in [2.24, 2.45) is 0 Å². The number of aromatic nitrogens is 1. The van der Waals surface area contributed by atoms with E-state index in [1.165, 1.54) is 12.5 Å². The molecule has 0 unspecified atom stereocenters. The zero-order valence-corrected chi connectivity index (χ0v) is 10.9. The number of nitrogens with zero attached hydrogens (tertiary/aromatic N) is 1. The summed E-state index contributed by atoms with van der Waals surface area (Å²) in [7, 11) is 0. The van der Waals surface area contributed by atoms with E-state index in [4.69, 9.17) is 16.7 Å². The van der Waals surface area contributed by atoms with E-state index in [0.29, 0.717) is 5.02 Å². The lowest BCUT2D eigenvalue weighted by molar-refractivity contribution is 0.0685. The molecule has 0 aliphatic carbocycles. The van der Waals surface area contributed by atoms with Gasteiger partial charge in [-0.3, -0.25) is 0 Å². The lowest BCUT2D eigenvalue weighted by Crippen LogP contribution is -2.07. The van der Waals surface area contributed by atoms with Crippen LogP contribution in [0.15, 0.2) is 12.3 Å². The Morgan fingerprint density at radius 2 is 2.25 bits per heavy atom. The van der Waals surface area contributed by atoms with Gasteiger partial charge in [0.1, 0.15) is 5.69 Å². The Balaban J connectivity index is 2.44. The zero-order valence-electron chi connectivity index (χ0n) is 9.28. The summed E-state index contributed by atoms with van der Waals surface area (Å²) in [6.45, 7) is 0.725. The minimum Gasteiger partial charge on any atom is -0.477 e. The van der Waals surface area contributed by atoms with Crippen molar-refractivity contribution in [3.05, 3.63) is 23.0 Å². The fourth-order valence-electron chi connectivity index (χ4n) is 1.54. The average Bonchev–Trinajstić information content (AvgIpc) is 2.59. The molecule has 0 bridgehead atoms. The second-order valence-electron chi connectivity index (χ2n) is 3.60. The van der Waals surface area contributed by atoms with Gasteiger partial charge in [0.25, 0.3) is 0 Å². The number of unbranched alkanes of at least 4 members (excludes halogenated alkanes) is 2. The van der Waals surface area contributed by atoms with E-state index in [1.807, 2.05) is 11.8 Å². The van der Waals surface area contributed by atoms with Crippen LogP contribution in [0.2, 0.25) is 5.02 Å². The van der Waals surface area contributed by atoms with Crippen molar-refractivity contribution in [2.75, 3.05) is 12.0 Å². The molecule has 0 aliphatic heterocycles. The summed E-state index contributed by atoms with van der Waals surface area (Å²) >= 11 is 7.62. The van der Waals surface area contributed by atoms with Gasteiger partial charge in [0, 0.05) is 12.7 Å². The van der Waals surface area contributed by atoms with E-state index >= 15 is 0 Å². The number of carboxylic acid groups (broad SMARTS) is 1. The van der Waals surface area contributed by atoms with Gasteiger partial charge >= 0.3 is 5.97 Å². The summed E-state index contributed by atoms with van der Waals surface area (Å²) in [5.74, 6) is 0.245. The van der Waals surface area contributed by atoms with Gasteiger partial charge in [-0.2, -0.15) is 11.8 Å². The molecule has 0 aromatic carbocycles. The van der Waals surface area contributed by atoms with Crippen LogP contribution in [0.3, 0.4) is 0 Å². The Bertz CT molecular complexity index is 352. The van der Waals surface area contributed by atoms with Crippen LogP contribution in [0.5, 0.6) is 0 Å². The Morgan fingerprint density at radius 3 is 2.88 bits per heavy atom. The summed E-state index contributed by atoms with van der Waals surface area (Å²) in [4.78, 5) is 10.9. The van der Waals surface area contributed by atoms with E-state index < -0.39 is 5.97 Å². The van der Waals surface area contributed by atoms with Crippen LogP contribution in [0.1, 0.15) is 29.8 Å². The molecule has 0 amide bonds. The van der Waals surface area contributed by atoms with Gasteiger partial charge in [0.15, 0.2) is 0 Å². The van der Waals surface area contributed by atoms with E-state index in [-0.39, 0.29) is 5.69 Å². The molecule has 1 N–H and O–H groups in total. The number of aryl methyl sites for hydroxylation is 1. The average molecular weight is 262 g/mol. The van der Waals surface area contributed by atoms with Gasteiger partial charge in [-0.1, -0.05) is 18.0 Å². The fourth-order valence-corrected chi connectivity index (χ4v) is 2.26. The van der Waals surface area contributed by atoms with Crippen LogP contribution in [0.25, 0.3) is 0 Å². The van der Waals surface area contributed by atoms with Gasteiger partial charge in [0.05, 0.1) is 5.02 Å². The number of thioether (sulfide) groups is 1. The molecule has 16 heavy (non-hydrogen) atoms. The summed E-state index contributed by atoms with van der Waals surface area (Å²) in [6, 6.07) is 1.49. The van der Waals surface area contributed by atoms with Crippen molar-refractivity contribution in [1.82, 2.24) is 4.57 Å². The van der Waals surface area contributed by atoms with Gasteiger partial charge < -0.3 is 9.67 Å². The second-order valence-corrected chi connectivity index (χ2v) is 5.02. The molecule has 0 atom stereocenters. The Kier molecular flexibility index (Phi) is 5.77. The van der Waals surface area contributed by atoms with E-state index in [2.05, 4.69) is 6.26 Å². The first-order valence-corrected chi connectivity index (χ1v) is 7.00. The summed E-state index contributed by atoms with van der Waals surface area (Å²) in [5, 5.41) is 9.42. The largest absolute Gasteiger partial charge is 0.477 e. The molecule has 1 heterocycles. The maximum atomic E-state index is 10.9. The van der Waals surface area contributed by atoms with Crippen LogP contribution in [0, 0.1) is 0 Å². The minimum absolute atomic E-state index is 0.273. The standard InChI is InChI=1S/C11H16ClNO2S/c1-16-6-4-2-3-5-13-8-9(12)7-10(13)11(14)15/h7-8H,2-6H2,1H3,(H,14,15). The van der Waals surface area contributed by atoms with Crippen LogP contribution in [-0.4, -0.2) is 27.7 Å². The molecule has 0 saturated heterocycles. The van der Waals surface area contributed by atoms with Crippen LogP contribution < -0.4 is 0 Å². The number of halogens is 1. The van der Waals surface area contributed by atoms with Gasteiger partial charge in [-0.25, -0.2) is 4.79 Å². The maximum absolute atomic E-state index is 10.9. The highest BCUT2D eigenvalue weighted by Gasteiger charge is 2.10. The highest BCUT2D eigenvalue weighted by molar-refractivity contribution is 7.98. The third-order valence-electron chi connectivity index (χ3n) is 2.33. The molecule has 3 nitrogen and oxygen atoms in total. The van der Waals surface area contributed by atoms with Crippen LogP contribution in [-0.2, 0) is 6.54 Å². The summed E-state index contributed by atoms with van der Waals surface area (Å²) < 4.78 is 1.71. The van der Waals surface area contributed by atoms with Crippen molar-refractivity contribution in [1.29, 1.82) is 0 Å². The molecule has 1 aromatic heterocycles. The van der Waals surface area contributed by atoms with Gasteiger partial charge in [0.2, 0.25) is 0 Å². The predicted octanol–water partition coefficient (Wildman–Crippen LogP) is 3.37. The predicted molar refractivity (Wildman–Crippen MR) is 68.6 cm³/mol. The molecule has 5 heteroatoms. The second kappa shape index (κ2) is 6.86. The quantitative estimate of drug-likeness (QED) is 0.765. The highest BCUT2D eigenvalue weighted by atomic mass is 35.5. The molecule has 0 spiro atoms. The first-order valence-electron chi connectivity index (χ1n) is 5.23. The number of aromatic carboxylic acids is 1. The van der Waals surface area contributed by atoms with Crippen molar-refractivity contribution in [2.45, 2.75) is 25.8 Å². The summed E-state index contributed by atoms with van der Waals surface area (Å²) in [5.41, 5.74) is 0.273. The monoisotopic (exact) mass is 261 g/mol. The smallest absolute Gasteiger partial charge is 0.352 e. The zero-order chi connectivity index (χ0) is 12.0. The van der Waals surface area contributed by atoms with Crippen molar-refractivity contribution < 1.29 is 9.90 Å². The maximum Gasteiger partial charge on any atom is 0.352 e. The Morgan fingerprint density at radius 1 is 1.50 bits per heavy atom. The molecule has 90 valence electrons. The highest BCUT2D eigenvalue weighted by Crippen LogP contribution is 2.15. The first-order chi connectivity index (χ1) is 7.65. The molecule has 0 fully saturated rings. The fraction of sp³-hybridized carbons (Fsp3) is 0.545. The van der Waals surface area contributed by atoms with Crippen LogP contribution >= 0.6 is 23.4 Å². The topological polar surface area (TPSA) is 42.2 Å². The molecule has 1 rings (SSSR count). The normalized spacial score (nSPS) is 10.6. The number of carbonyl (C=O) groups is 1. The molecular formula is C11H16ClNO2S. The van der Waals surface area contributed by atoms with E-state index in [0.717, 1.165) is 25.1 Å². The Hall–Kier alpha value is -0.610. The first kappa shape index (κ1) is 13.5. The van der Waals surface area contributed by atoms with Gasteiger partial charge in [-0.15, -0.1) is 0 Å². The molecule has 1 aromatic rings. The van der Waals surface area contributed by atoms with Gasteiger partial charge in [-0.05, 0) is 30.9 Å². The molecule has 0 aliphatic rings. The number of hydrogen-bond acceptors (Lipinski definition) is 2. The van der Waals surface area contributed by atoms with Crippen molar-refractivity contribution >= 4 is 29.3 Å². The molecular weight excluding hydrogens is 246 g/mol. The lowest BCUT2D eigenvalue weighted by atomic mass is 10.2. The third kappa shape index (κ3) is 4.10. The van der Waals surface area contributed by atoms with E-state index in [1.54, 1.807) is 10.8 Å². The lowest BCUT2D eigenvalue weighted by Gasteiger charge is -2.05. The number of rotatable bonds is 7. The summed E-state index contributed by atoms with van der Waals surface area (Å²) in [6.07, 6.45) is 7.06. The van der Waals surface area contributed by atoms with Crippen LogP contribution in [0.4, 0.5) is 0 Å². The number of hydrogen-bond donors (Lipinski definition) is 1.